The molecular formula is C17H22N6. The predicted molar refractivity (Wildman–Crippen MR) is 92.7 cm³/mol. The van der Waals surface area contributed by atoms with Crippen molar-refractivity contribution in [3.05, 3.63) is 24.3 Å². The zero-order valence-corrected chi connectivity index (χ0v) is 13.7. The molecule has 2 aromatic rings. The molecule has 3 rings (SSSR count). The summed E-state index contributed by atoms with van der Waals surface area (Å²) in [5, 5.41) is 13.2. The Labute approximate surface area is 136 Å². The van der Waals surface area contributed by atoms with E-state index in [4.69, 9.17) is 15.2 Å². The lowest BCUT2D eigenvalue weighted by Gasteiger charge is -2.26. The van der Waals surface area contributed by atoms with E-state index in [-0.39, 0.29) is 0 Å². The van der Waals surface area contributed by atoms with E-state index in [0.717, 1.165) is 42.2 Å². The third-order valence-electron chi connectivity index (χ3n) is 4.39. The highest BCUT2D eigenvalue weighted by molar-refractivity contribution is 5.90. The maximum absolute atomic E-state index is 8.84. The lowest BCUT2D eigenvalue weighted by Crippen LogP contribution is -2.35. The minimum Gasteiger partial charge on any atom is -0.358 e. The summed E-state index contributed by atoms with van der Waals surface area (Å²) in [5.41, 5.74) is 0.939. The van der Waals surface area contributed by atoms with E-state index in [9.17, 15) is 0 Å². The first kappa shape index (κ1) is 15.5. The van der Waals surface area contributed by atoms with Gasteiger partial charge in [0.05, 0.1) is 18.0 Å². The van der Waals surface area contributed by atoms with Crippen molar-refractivity contribution >= 4 is 22.7 Å². The summed E-state index contributed by atoms with van der Waals surface area (Å²) in [6.45, 7) is 2.66. The third kappa shape index (κ3) is 3.20. The van der Waals surface area contributed by atoms with Gasteiger partial charge in [0, 0.05) is 38.6 Å². The highest BCUT2D eigenvalue weighted by Crippen LogP contribution is 2.26. The van der Waals surface area contributed by atoms with Gasteiger partial charge >= 0.3 is 0 Å². The highest BCUT2D eigenvalue weighted by Gasteiger charge is 2.22. The number of hydrogen-bond acceptors (Lipinski definition) is 6. The SMILES string of the molecule is CN(CCC#N)c1nc(N(C)C2CCNC2)nc2ccccc12. The van der Waals surface area contributed by atoms with Gasteiger partial charge in [-0.2, -0.15) is 10.2 Å². The largest absolute Gasteiger partial charge is 0.358 e. The van der Waals surface area contributed by atoms with E-state index < -0.39 is 0 Å². The van der Waals surface area contributed by atoms with Gasteiger partial charge in [0.2, 0.25) is 5.95 Å². The Morgan fingerprint density at radius 3 is 2.87 bits per heavy atom. The highest BCUT2D eigenvalue weighted by atomic mass is 15.3. The van der Waals surface area contributed by atoms with Crippen LogP contribution in [0.5, 0.6) is 0 Å². The zero-order chi connectivity index (χ0) is 16.2. The second-order valence-electron chi connectivity index (χ2n) is 5.95. The number of nitrogens with one attached hydrogen (secondary N) is 1. The standard InChI is InChI=1S/C17H22N6/c1-22(11-5-9-18)16-14-6-3-4-7-15(14)20-17(21-16)23(2)13-8-10-19-12-13/h3-4,6-7,13,19H,5,8,10-12H2,1-2H3. The molecule has 1 fully saturated rings. The summed E-state index contributed by atoms with van der Waals surface area (Å²) in [7, 11) is 4.04. The fraction of sp³-hybridized carbons (Fsp3) is 0.471. The molecule has 0 spiro atoms. The molecule has 1 aliphatic rings. The summed E-state index contributed by atoms with van der Waals surface area (Å²) in [6.07, 6.45) is 1.58. The summed E-state index contributed by atoms with van der Waals surface area (Å²) in [6, 6.07) is 10.7. The van der Waals surface area contributed by atoms with Crippen molar-refractivity contribution < 1.29 is 0 Å². The molecule has 1 atom stereocenters. The van der Waals surface area contributed by atoms with Crippen molar-refractivity contribution in [1.29, 1.82) is 5.26 Å². The molecule has 2 heterocycles. The van der Waals surface area contributed by atoms with Crippen molar-refractivity contribution in [1.82, 2.24) is 15.3 Å². The Bertz CT molecular complexity index is 717. The number of rotatable bonds is 5. The number of hydrogen-bond donors (Lipinski definition) is 1. The number of para-hydroxylation sites is 1. The smallest absolute Gasteiger partial charge is 0.227 e. The molecule has 0 aliphatic carbocycles. The average molecular weight is 310 g/mol. The fourth-order valence-electron chi connectivity index (χ4n) is 2.95. The minimum atomic E-state index is 0.424. The maximum Gasteiger partial charge on any atom is 0.227 e. The number of benzene rings is 1. The third-order valence-corrected chi connectivity index (χ3v) is 4.39. The van der Waals surface area contributed by atoms with E-state index in [0.29, 0.717) is 19.0 Å². The van der Waals surface area contributed by atoms with Crippen molar-refractivity contribution in [2.45, 2.75) is 18.9 Å². The quantitative estimate of drug-likeness (QED) is 0.908. The Kier molecular flexibility index (Phi) is 4.58. The number of aromatic nitrogens is 2. The molecule has 120 valence electrons. The van der Waals surface area contributed by atoms with Gasteiger partial charge < -0.3 is 15.1 Å². The Morgan fingerprint density at radius 1 is 1.30 bits per heavy atom. The van der Waals surface area contributed by atoms with E-state index in [1.54, 1.807) is 0 Å². The average Bonchev–Trinajstić information content (AvgIpc) is 3.12. The number of anilines is 2. The van der Waals surface area contributed by atoms with Crippen LogP contribution in [0.4, 0.5) is 11.8 Å². The molecule has 1 aromatic heterocycles. The molecule has 0 amide bonds. The van der Waals surface area contributed by atoms with Gasteiger partial charge in [-0.05, 0) is 25.1 Å². The van der Waals surface area contributed by atoms with E-state index in [1.807, 2.05) is 36.2 Å². The first-order valence-electron chi connectivity index (χ1n) is 7.99. The maximum atomic E-state index is 8.84. The zero-order valence-electron chi connectivity index (χ0n) is 13.7. The van der Waals surface area contributed by atoms with Crippen molar-refractivity contribution in [3.63, 3.8) is 0 Å². The minimum absolute atomic E-state index is 0.424. The van der Waals surface area contributed by atoms with Crippen molar-refractivity contribution in [2.75, 3.05) is 43.5 Å². The molecule has 0 radical (unpaired) electrons. The Hall–Kier alpha value is -2.39. The van der Waals surface area contributed by atoms with Crippen LogP contribution in [0.1, 0.15) is 12.8 Å². The number of fused-ring (bicyclic) bond motifs is 1. The number of nitriles is 1. The molecule has 1 unspecified atom stereocenters. The Morgan fingerprint density at radius 2 is 2.13 bits per heavy atom. The van der Waals surface area contributed by atoms with Gasteiger partial charge in [-0.1, -0.05) is 12.1 Å². The fourth-order valence-corrected chi connectivity index (χ4v) is 2.95. The van der Waals surface area contributed by atoms with Crippen LogP contribution in [0, 0.1) is 11.3 Å². The normalized spacial score (nSPS) is 17.2. The van der Waals surface area contributed by atoms with Crippen LogP contribution < -0.4 is 15.1 Å². The Balaban J connectivity index is 2.01. The van der Waals surface area contributed by atoms with Crippen molar-refractivity contribution in [3.8, 4) is 6.07 Å². The summed E-state index contributed by atoms with van der Waals surface area (Å²) in [5.74, 6) is 1.63. The van der Waals surface area contributed by atoms with Crippen molar-refractivity contribution in [2.24, 2.45) is 0 Å². The van der Waals surface area contributed by atoms with Gasteiger partial charge in [0.25, 0.3) is 0 Å². The van der Waals surface area contributed by atoms with Crippen LogP contribution in [-0.4, -0.2) is 49.7 Å². The summed E-state index contributed by atoms with van der Waals surface area (Å²) in [4.78, 5) is 13.7. The molecule has 23 heavy (non-hydrogen) atoms. The molecule has 0 bridgehead atoms. The monoisotopic (exact) mass is 310 g/mol. The molecular weight excluding hydrogens is 288 g/mol. The van der Waals surface area contributed by atoms with Crippen LogP contribution in [0.25, 0.3) is 10.9 Å². The molecule has 1 aromatic carbocycles. The van der Waals surface area contributed by atoms with Gasteiger partial charge in [-0.25, -0.2) is 4.98 Å². The molecule has 6 heteroatoms. The molecule has 0 saturated carbocycles. The van der Waals surface area contributed by atoms with Crippen LogP contribution in [0.15, 0.2) is 24.3 Å². The topological polar surface area (TPSA) is 68.1 Å². The lowest BCUT2D eigenvalue weighted by atomic mass is 10.2. The summed E-state index contributed by atoms with van der Waals surface area (Å²) < 4.78 is 0. The van der Waals surface area contributed by atoms with E-state index in [2.05, 4.69) is 23.3 Å². The van der Waals surface area contributed by atoms with Crippen LogP contribution in [0.2, 0.25) is 0 Å². The van der Waals surface area contributed by atoms with Crippen LogP contribution in [-0.2, 0) is 0 Å². The van der Waals surface area contributed by atoms with E-state index in [1.165, 1.54) is 0 Å². The van der Waals surface area contributed by atoms with Crippen LogP contribution >= 0.6 is 0 Å². The van der Waals surface area contributed by atoms with Gasteiger partial charge in [0.15, 0.2) is 0 Å². The molecule has 1 N–H and O–H groups in total. The summed E-state index contributed by atoms with van der Waals surface area (Å²) >= 11 is 0. The first-order chi connectivity index (χ1) is 11.2. The number of likely N-dealkylation sites (N-methyl/N-ethyl adjacent to an activating group) is 1. The van der Waals surface area contributed by atoms with Crippen LogP contribution in [0.3, 0.4) is 0 Å². The van der Waals surface area contributed by atoms with E-state index >= 15 is 0 Å². The van der Waals surface area contributed by atoms with Gasteiger partial charge in [-0.15, -0.1) is 0 Å². The van der Waals surface area contributed by atoms with Gasteiger partial charge in [-0.3, -0.25) is 0 Å². The molecule has 1 aliphatic heterocycles. The first-order valence-corrected chi connectivity index (χ1v) is 7.99. The second kappa shape index (κ2) is 6.80. The molecule has 6 nitrogen and oxygen atoms in total. The van der Waals surface area contributed by atoms with Gasteiger partial charge in [0.1, 0.15) is 5.82 Å². The second-order valence-corrected chi connectivity index (χ2v) is 5.95. The number of nitrogens with zero attached hydrogens (tertiary/aromatic N) is 5. The predicted octanol–water partition coefficient (Wildman–Crippen LogP) is 1.78. The molecule has 1 saturated heterocycles. The lowest BCUT2D eigenvalue weighted by molar-refractivity contribution is 0.669.